The van der Waals surface area contributed by atoms with Gasteiger partial charge in [0, 0.05) is 25.4 Å². The number of ether oxygens (including phenoxy) is 2. The monoisotopic (exact) mass is 391 g/mol. The zero-order valence-corrected chi connectivity index (χ0v) is 16.1. The molecule has 3 N–H and O–H groups in total. The summed E-state index contributed by atoms with van der Waals surface area (Å²) in [5, 5.41) is 4.96. The Bertz CT molecular complexity index is 907. The number of carbonyl (C=O) groups is 3. The Morgan fingerprint density at radius 2 is 1.86 bits per heavy atom. The molecule has 1 aromatic carbocycles. The molecule has 28 heavy (non-hydrogen) atoms. The van der Waals surface area contributed by atoms with E-state index in [9.17, 15) is 18.8 Å². The number of hydrogen-bond acceptors (Lipinski definition) is 5. The summed E-state index contributed by atoms with van der Waals surface area (Å²) < 4.78 is 24.0. The molecule has 0 radical (unpaired) electrons. The molecule has 0 atom stereocenters. The minimum atomic E-state index is -0.664. The van der Waals surface area contributed by atoms with Crippen LogP contribution in [-0.2, 0) is 14.3 Å². The van der Waals surface area contributed by atoms with Crippen molar-refractivity contribution in [1.29, 1.82) is 0 Å². The van der Waals surface area contributed by atoms with Gasteiger partial charge in [0.25, 0.3) is 5.91 Å². The van der Waals surface area contributed by atoms with Crippen LogP contribution in [0.15, 0.2) is 18.2 Å². The van der Waals surface area contributed by atoms with Crippen LogP contribution in [0, 0.1) is 19.7 Å². The summed E-state index contributed by atoms with van der Waals surface area (Å²) in [6, 6.07) is 3.82. The number of H-pyrrole nitrogens is 1. The standard InChI is InChI=1S/C19H22FN3O5/c1-10-16(19(26)28-8-7-27-4)11(2)21-17(10)18(25)23-15-9-13(22-12(3)24)5-6-14(15)20/h5-6,9,21H,7-8H2,1-4H3,(H,22,24)(H,23,25). The first kappa shape index (κ1) is 21.1. The summed E-state index contributed by atoms with van der Waals surface area (Å²) in [5.74, 6) is -2.20. The number of rotatable bonds is 7. The number of methoxy groups -OCH3 is 1. The van der Waals surface area contributed by atoms with Crippen LogP contribution < -0.4 is 10.6 Å². The van der Waals surface area contributed by atoms with E-state index in [0.717, 1.165) is 6.07 Å². The lowest BCUT2D eigenvalue weighted by atomic mass is 10.1. The molecular formula is C19H22FN3O5. The van der Waals surface area contributed by atoms with Crippen molar-refractivity contribution in [3.63, 3.8) is 0 Å². The number of benzene rings is 1. The second-order valence-corrected chi connectivity index (χ2v) is 6.08. The largest absolute Gasteiger partial charge is 0.460 e. The zero-order valence-electron chi connectivity index (χ0n) is 16.1. The van der Waals surface area contributed by atoms with Gasteiger partial charge in [0.2, 0.25) is 5.91 Å². The maximum absolute atomic E-state index is 14.0. The Labute approximate surface area is 161 Å². The highest BCUT2D eigenvalue weighted by atomic mass is 19.1. The molecule has 0 saturated carbocycles. The van der Waals surface area contributed by atoms with Gasteiger partial charge in [-0.2, -0.15) is 0 Å². The first-order valence-electron chi connectivity index (χ1n) is 8.48. The fourth-order valence-electron chi connectivity index (χ4n) is 2.66. The maximum Gasteiger partial charge on any atom is 0.340 e. The Balaban J connectivity index is 2.23. The van der Waals surface area contributed by atoms with Crippen LogP contribution in [0.5, 0.6) is 0 Å². The van der Waals surface area contributed by atoms with Crippen molar-refractivity contribution < 1.29 is 28.2 Å². The Kier molecular flexibility index (Phi) is 6.89. The van der Waals surface area contributed by atoms with Crippen molar-refractivity contribution in [3.05, 3.63) is 46.5 Å². The SMILES string of the molecule is COCCOC(=O)c1c(C)[nH]c(C(=O)Nc2cc(NC(C)=O)ccc2F)c1C. The summed E-state index contributed by atoms with van der Waals surface area (Å²) in [6.07, 6.45) is 0. The second kappa shape index (κ2) is 9.14. The van der Waals surface area contributed by atoms with Crippen molar-refractivity contribution in [2.24, 2.45) is 0 Å². The third-order valence-electron chi connectivity index (χ3n) is 3.92. The number of nitrogens with one attached hydrogen (secondary N) is 3. The van der Waals surface area contributed by atoms with Gasteiger partial charge < -0.3 is 25.1 Å². The highest BCUT2D eigenvalue weighted by Gasteiger charge is 2.23. The summed E-state index contributed by atoms with van der Waals surface area (Å²) in [4.78, 5) is 38.8. The van der Waals surface area contributed by atoms with E-state index in [2.05, 4.69) is 15.6 Å². The molecule has 0 saturated heterocycles. The molecule has 0 aliphatic carbocycles. The summed E-state index contributed by atoms with van der Waals surface area (Å²) in [5.41, 5.74) is 1.43. The minimum Gasteiger partial charge on any atom is -0.460 e. The maximum atomic E-state index is 14.0. The highest BCUT2D eigenvalue weighted by molar-refractivity contribution is 6.07. The van der Waals surface area contributed by atoms with Gasteiger partial charge in [-0.05, 0) is 37.6 Å². The van der Waals surface area contributed by atoms with Crippen LogP contribution in [0.4, 0.5) is 15.8 Å². The van der Waals surface area contributed by atoms with Crippen molar-refractivity contribution in [1.82, 2.24) is 4.98 Å². The van der Waals surface area contributed by atoms with Gasteiger partial charge in [0.1, 0.15) is 18.1 Å². The lowest BCUT2D eigenvalue weighted by Gasteiger charge is -2.09. The van der Waals surface area contributed by atoms with Crippen molar-refractivity contribution in [3.8, 4) is 0 Å². The van der Waals surface area contributed by atoms with E-state index in [1.165, 1.54) is 26.2 Å². The van der Waals surface area contributed by atoms with Gasteiger partial charge in [-0.15, -0.1) is 0 Å². The number of anilines is 2. The second-order valence-electron chi connectivity index (χ2n) is 6.08. The number of esters is 1. The predicted octanol–water partition coefficient (Wildman–Crippen LogP) is 2.78. The molecule has 0 fully saturated rings. The molecule has 150 valence electrons. The van der Waals surface area contributed by atoms with E-state index in [1.807, 2.05) is 0 Å². The van der Waals surface area contributed by atoms with Crippen molar-refractivity contribution in [2.75, 3.05) is 31.0 Å². The lowest BCUT2D eigenvalue weighted by molar-refractivity contribution is -0.114. The van der Waals surface area contributed by atoms with Gasteiger partial charge in [0.15, 0.2) is 0 Å². The summed E-state index contributed by atoms with van der Waals surface area (Å²) in [6.45, 7) is 4.89. The average molecular weight is 391 g/mol. The average Bonchev–Trinajstić information content (AvgIpc) is 2.92. The van der Waals surface area contributed by atoms with Crippen LogP contribution in [0.25, 0.3) is 0 Å². The predicted molar refractivity (Wildman–Crippen MR) is 101 cm³/mol. The molecule has 1 heterocycles. The van der Waals surface area contributed by atoms with Gasteiger partial charge >= 0.3 is 5.97 Å². The molecule has 0 spiro atoms. The van der Waals surface area contributed by atoms with E-state index < -0.39 is 17.7 Å². The number of aromatic nitrogens is 1. The molecule has 9 heteroatoms. The molecular weight excluding hydrogens is 369 g/mol. The highest BCUT2D eigenvalue weighted by Crippen LogP contribution is 2.23. The third kappa shape index (κ3) is 4.95. The molecule has 0 aliphatic heterocycles. The number of amides is 2. The number of carbonyl (C=O) groups excluding carboxylic acids is 3. The normalized spacial score (nSPS) is 10.5. The van der Waals surface area contributed by atoms with E-state index >= 15 is 0 Å². The third-order valence-corrected chi connectivity index (χ3v) is 3.92. The number of hydrogen-bond donors (Lipinski definition) is 3. The van der Waals surface area contributed by atoms with Crippen molar-refractivity contribution >= 4 is 29.2 Å². The Morgan fingerprint density at radius 3 is 2.50 bits per heavy atom. The van der Waals surface area contributed by atoms with E-state index in [-0.39, 0.29) is 36.1 Å². The molecule has 2 aromatic rings. The molecule has 0 bridgehead atoms. The van der Waals surface area contributed by atoms with Crippen LogP contribution in [-0.4, -0.2) is 43.1 Å². The van der Waals surface area contributed by atoms with Crippen LogP contribution >= 0.6 is 0 Å². The topological polar surface area (TPSA) is 110 Å². The first-order chi connectivity index (χ1) is 13.2. The molecule has 2 amide bonds. The van der Waals surface area contributed by atoms with Crippen LogP contribution in [0.1, 0.15) is 39.0 Å². The Morgan fingerprint density at radius 1 is 1.14 bits per heavy atom. The fourth-order valence-corrected chi connectivity index (χ4v) is 2.66. The number of aryl methyl sites for hydroxylation is 1. The smallest absolute Gasteiger partial charge is 0.340 e. The van der Waals surface area contributed by atoms with Gasteiger partial charge in [-0.25, -0.2) is 9.18 Å². The fraction of sp³-hybridized carbons (Fsp3) is 0.316. The van der Waals surface area contributed by atoms with E-state index in [1.54, 1.807) is 13.8 Å². The quantitative estimate of drug-likeness (QED) is 0.497. The Hall–Kier alpha value is -3.20. The van der Waals surface area contributed by atoms with Gasteiger partial charge in [-0.1, -0.05) is 0 Å². The van der Waals surface area contributed by atoms with Crippen LogP contribution in [0.3, 0.4) is 0 Å². The molecule has 0 unspecified atom stereocenters. The summed E-state index contributed by atoms with van der Waals surface area (Å²) in [7, 11) is 1.49. The number of halogens is 1. The van der Waals surface area contributed by atoms with Crippen molar-refractivity contribution in [2.45, 2.75) is 20.8 Å². The minimum absolute atomic E-state index is 0.0854. The van der Waals surface area contributed by atoms with Crippen LogP contribution in [0.2, 0.25) is 0 Å². The molecule has 2 rings (SSSR count). The molecule has 1 aromatic heterocycles. The zero-order chi connectivity index (χ0) is 20.8. The summed E-state index contributed by atoms with van der Waals surface area (Å²) >= 11 is 0. The van der Waals surface area contributed by atoms with E-state index in [0.29, 0.717) is 16.9 Å². The van der Waals surface area contributed by atoms with Gasteiger partial charge in [0.05, 0.1) is 17.9 Å². The van der Waals surface area contributed by atoms with Gasteiger partial charge in [-0.3, -0.25) is 9.59 Å². The molecule has 8 nitrogen and oxygen atoms in total. The lowest BCUT2D eigenvalue weighted by Crippen LogP contribution is -2.16. The number of aromatic amines is 1. The first-order valence-corrected chi connectivity index (χ1v) is 8.48. The van der Waals surface area contributed by atoms with E-state index in [4.69, 9.17) is 9.47 Å². The molecule has 0 aliphatic rings.